The Labute approximate surface area is 148 Å². The molecule has 4 nitrogen and oxygen atoms in total. The molecule has 126 valence electrons. The van der Waals surface area contributed by atoms with Crippen molar-refractivity contribution in [1.29, 1.82) is 0 Å². The van der Waals surface area contributed by atoms with Crippen LogP contribution in [0.15, 0.2) is 48.5 Å². The van der Waals surface area contributed by atoms with E-state index in [9.17, 15) is 4.79 Å². The number of carbonyl (C=O) groups excluding carboxylic acids is 1. The Hall–Kier alpha value is -2.04. The first-order valence-corrected chi connectivity index (χ1v) is 8.56. The number of hydrogen-bond acceptors (Lipinski definition) is 3. The standard InChI is InChI=1S/C19H22ClN3O/c1-22-10-12-23(13-11-22)18-8-6-17(7-9-18)21-19(24)14-15-2-4-16(20)5-3-15/h2-9H,10-14H2,1H3,(H,21,24). The highest BCUT2D eigenvalue weighted by atomic mass is 35.5. The fourth-order valence-electron chi connectivity index (χ4n) is 2.81. The zero-order valence-electron chi connectivity index (χ0n) is 13.8. The molecule has 1 aliphatic rings. The fraction of sp³-hybridized carbons (Fsp3) is 0.316. The molecule has 0 aliphatic carbocycles. The van der Waals surface area contributed by atoms with Crippen molar-refractivity contribution >= 4 is 28.9 Å². The summed E-state index contributed by atoms with van der Waals surface area (Å²) in [7, 11) is 2.15. The third-order valence-electron chi connectivity index (χ3n) is 4.30. The number of halogens is 1. The molecule has 1 fully saturated rings. The van der Waals surface area contributed by atoms with E-state index in [-0.39, 0.29) is 5.91 Å². The third-order valence-corrected chi connectivity index (χ3v) is 4.55. The zero-order chi connectivity index (χ0) is 16.9. The Morgan fingerprint density at radius 1 is 1.00 bits per heavy atom. The van der Waals surface area contributed by atoms with Crippen LogP contribution in [-0.4, -0.2) is 44.0 Å². The molecule has 2 aromatic rings. The molecular formula is C19H22ClN3O. The number of amides is 1. The van der Waals surface area contributed by atoms with Crippen LogP contribution < -0.4 is 10.2 Å². The number of nitrogens with zero attached hydrogens (tertiary/aromatic N) is 2. The van der Waals surface area contributed by atoms with Gasteiger partial charge in [-0.1, -0.05) is 23.7 Å². The minimum Gasteiger partial charge on any atom is -0.369 e. The van der Waals surface area contributed by atoms with Gasteiger partial charge in [0.2, 0.25) is 5.91 Å². The summed E-state index contributed by atoms with van der Waals surface area (Å²) in [6, 6.07) is 15.4. The Kier molecular flexibility index (Phi) is 5.38. The maximum absolute atomic E-state index is 12.1. The SMILES string of the molecule is CN1CCN(c2ccc(NC(=O)Cc3ccc(Cl)cc3)cc2)CC1. The molecule has 1 aliphatic heterocycles. The number of likely N-dealkylation sites (N-methyl/N-ethyl adjacent to an activating group) is 1. The van der Waals surface area contributed by atoms with E-state index in [1.165, 1.54) is 5.69 Å². The number of anilines is 2. The number of rotatable bonds is 4. The van der Waals surface area contributed by atoms with E-state index >= 15 is 0 Å². The van der Waals surface area contributed by atoms with Crippen molar-refractivity contribution in [1.82, 2.24) is 4.90 Å². The van der Waals surface area contributed by atoms with Gasteiger partial charge in [0.15, 0.2) is 0 Å². The van der Waals surface area contributed by atoms with Crippen molar-refractivity contribution in [2.75, 3.05) is 43.4 Å². The van der Waals surface area contributed by atoms with Gasteiger partial charge >= 0.3 is 0 Å². The van der Waals surface area contributed by atoms with Crippen LogP contribution in [-0.2, 0) is 11.2 Å². The molecule has 0 spiro atoms. The summed E-state index contributed by atoms with van der Waals surface area (Å²) in [6.45, 7) is 4.25. The van der Waals surface area contributed by atoms with Crippen LogP contribution in [0.3, 0.4) is 0 Å². The van der Waals surface area contributed by atoms with Crippen LogP contribution >= 0.6 is 11.6 Å². The summed E-state index contributed by atoms with van der Waals surface area (Å²) in [5.74, 6) is -0.0235. The minimum atomic E-state index is -0.0235. The average molecular weight is 344 g/mol. The quantitative estimate of drug-likeness (QED) is 0.925. The van der Waals surface area contributed by atoms with Crippen molar-refractivity contribution in [2.24, 2.45) is 0 Å². The van der Waals surface area contributed by atoms with Gasteiger partial charge < -0.3 is 15.1 Å². The summed E-state index contributed by atoms with van der Waals surface area (Å²) in [4.78, 5) is 16.8. The van der Waals surface area contributed by atoms with Gasteiger partial charge in [-0.2, -0.15) is 0 Å². The summed E-state index contributed by atoms with van der Waals surface area (Å²) in [6.07, 6.45) is 0.345. The highest BCUT2D eigenvalue weighted by Crippen LogP contribution is 2.19. The van der Waals surface area contributed by atoms with Crippen LogP contribution in [0, 0.1) is 0 Å². The molecule has 0 saturated carbocycles. The van der Waals surface area contributed by atoms with E-state index < -0.39 is 0 Å². The van der Waals surface area contributed by atoms with Crippen LogP contribution in [0.1, 0.15) is 5.56 Å². The number of benzene rings is 2. The van der Waals surface area contributed by atoms with Gasteiger partial charge in [-0.15, -0.1) is 0 Å². The zero-order valence-corrected chi connectivity index (χ0v) is 14.6. The molecule has 1 saturated heterocycles. The van der Waals surface area contributed by atoms with Gasteiger partial charge in [-0.05, 0) is 49.0 Å². The molecule has 24 heavy (non-hydrogen) atoms. The van der Waals surface area contributed by atoms with Crippen LogP contribution in [0.4, 0.5) is 11.4 Å². The topological polar surface area (TPSA) is 35.6 Å². The predicted octanol–water partition coefficient (Wildman–Crippen LogP) is 3.27. The lowest BCUT2D eigenvalue weighted by molar-refractivity contribution is -0.115. The lowest BCUT2D eigenvalue weighted by Gasteiger charge is -2.34. The molecule has 1 heterocycles. The Balaban J connectivity index is 1.55. The normalized spacial score (nSPS) is 15.3. The smallest absolute Gasteiger partial charge is 0.228 e. The van der Waals surface area contributed by atoms with E-state index in [2.05, 4.69) is 34.3 Å². The van der Waals surface area contributed by atoms with Crippen molar-refractivity contribution in [3.8, 4) is 0 Å². The first kappa shape index (κ1) is 16.8. The Bertz CT molecular complexity index is 677. The first-order chi connectivity index (χ1) is 11.6. The first-order valence-electron chi connectivity index (χ1n) is 8.18. The molecule has 5 heteroatoms. The van der Waals surface area contributed by atoms with Gasteiger partial charge in [0.05, 0.1) is 6.42 Å². The van der Waals surface area contributed by atoms with Crippen LogP contribution in [0.25, 0.3) is 0 Å². The summed E-state index contributed by atoms with van der Waals surface area (Å²) >= 11 is 5.86. The van der Waals surface area contributed by atoms with Gasteiger partial charge in [0.25, 0.3) is 0 Å². The summed E-state index contributed by atoms with van der Waals surface area (Å²) in [5, 5.41) is 3.62. The maximum Gasteiger partial charge on any atom is 0.228 e. The van der Waals surface area contributed by atoms with Crippen LogP contribution in [0.2, 0.25) is 5.02 Å². The summed E-state index contributed by atoms with van der Waals surface area (Å²) in [5.41, 5.74) is 2.98. The minimum absolute atomic E-state index is 0.0235. The van der Waals surface area contributed by atoms with Gasteiger partial charge in [-0.25, -0.2) is 0 Å². The van der Waals surface area contributed by atoms with E-state index in [4.69, 9.17) is 11.6 Å². The maximum atomic E-state index is 12.1. The number of carbonyl (C=O) groups is 1. The molecule has 1 amide bonds. The second kappa shape index (κ2) is 7.69. The molecule has 0 aromatic heterocycles. The highest BCUT2D eigenvalue weighted by Gasteiger charge is 2.14. The van der Waals surface area contributed by atoms with Crippen molar-refractivity contribution in [3.05, 3.63) is 59.1 Å². The molecular weight excluding hydrogens is 322 g/mol. The molecule has 0 unspecified atom stereocenters. The van der Waals surface area contributed by atoms with E-state index in [0.29, 0.717) is 11.4 Å². The molecule has 0 atom stereocenters. The number of nitrogens with one attached hydrogen (secondary N) is 1. The fourth-order valence-corrected chi connectivity index (χ4v) is 2.94. The van der Waals surface area contributed by atoms with E-state index in [1.807, 2.05) is 24.3 Å². The molecule has 1 N–H and O–H groups in total. The lowest BCUT2D eigenvalue weighted by atomic mass is 10.1. The van der Waals surface area contributed by atoms with E-state index in [0.717, 1.165) is 37.4 Å². The monoisotopic (exact) mass is 343 g/mol. The van der Waals surface area contributed by atoms with Gasteiger partial charge in [0.1, 0.15) is 0 Å². The van der Waals surface area contributed by atoms with Crippen molar-refractivity contribution in [2.45, 2.75) is 6.42 Å². The largest absolute Gasteiger partial charge is 0.369 e. The van der Waals surface area contributed by atoms with Crippen LogP contribution in [0.5, 0.6) is 0 Å². The second-order valence-electron chi connectivity index (χ2n) is 6.19. The average Bonchev–Trinajstić information content (AvgIpc) is 2.58. The van der Waals surface area contributed by atoms with E-state index in [1.54, 1.807) is 12.1 Å². The molecule has 3 rings (SSSR count). The molecule has 0 bridgehead atoms. The second-order valence-corrected chi connectivity index (χ2v) is 6.63. The third kappa shape index (κ3) is 4.49. The predicted molar refractivity (Wildman–Crippen MR) is 99.9 cm³/mol. The Morgan fingerprint density at radius 2 is 1.62 bits per heavy atom. The van der Waals surface area contributed by atoms with Gasteiger partial charge in [-0.3, -0.25) is 4.79 Å². The number of hydrogen-bond donors (Lipinski definition) is 1. The molecule has 2 aromatic carbocycles. The number of piperazine rings is 1. The highest BCUT2D eigenvalue weighted by molar-refractivity contribution is 6.30. The molecule has 0 radical (unpaired) electrons. The van der Waals surface area contributed by atoms with Crippen molar-refractivity contribution in [3.63, 3.8) is 0 Å². The summed E-state index contributed by atoms with van der Waals surface area (Å²) < 4.78 is 0. The van der Waals surface area contributed by atoms with Gasteiger partial charge in [0, 0.05) is 42.6 Å². The Morgan fingerprint density at radius 3 is 2.25 bits per heavy atom. The lowest BCUT2D eigenvalue weighted by Crippen LogP contribution is -2.44. The van der Waals surface area contributed by atoms with Crippen molar-refractivity contribution < 1.29 is 4.79 Å².